The lowest BCUT2D eigenvalue weighted by atomic mass is 9.86. The van der Waals surface area contributed by atoms with E-state index >= 15 is 0 Å². The number of hydrogen-bond donors (Lipinski definition) is 2. The first-order valence-electron chi connectivity index (χ1n) is 6.74. The predicted octanol–water partition coefficient (Wildman–Crippen LogP) is 1.18. The van der Waals surface area contributed by atoms with Crippen LogP contribution in [0.3, 0.4) is 0 Å². The topological polar surface area (TPSA) is 98.0 Å². The standard InChI is InChI=1S/C14H19NO6/c1-19-9-10-2-3-11(21-10)13(18)15-14(8-12(16)17)4-6-20-7-5-14/h2-3H,4-9H2,1H3,(H,15,18)(H,16,17). The van der Waals surface area contributed by atoms with Gasteiger partial charge in [-0.1, -0.05) is 0 Å². The van der Waals surface area contributed by atoms with Crippen molar-refractivity contribution in [3.63, 3.8) is 0 Å². The smallest absolute Gasteiger partial charge is 0.305 e. The number of furan rings is 1. The molecule has 2 rings (SSSR count). The van der Waals surface area contributed by atoms with Crippen LogP contribution in [0.1, 0.15) is 35.6 Å². The molecule has 0 atom stereocenters. The number of methoxy groups -OCH3 is 1. The van der Waals surface area contributed by atoms with Crippen molar-refractivity contribution in [2.24, 2.45) is 0 Å². The van der Waals surface area contributed by atoms with Gasteiger partial charge in [-0.05, 0) is 25.0 Å². The van der Waals surface area contributed by atoms with E-state index < -0.39 is 17.4 Å². The zero-order valence-corrected chi connectivity index (χ0v) is 11.9. The predicted molar refractivity (Wildman–Crippen MR) is 71.9 cm³/mol. The fraction of sp³-hybridized carbons (Fsp3) is 0.571. The molecule has 0 saturated carbocycles. The van der Waals surface area contributed by atoms with Gasteiger partial charge in [-0.3, -0.25) is 9.59 Å². The molecule has 0 bridgehead atoms. The zero-order chi connectivity index (χ0) is 15.3. The third-order valence-corrected chi connectivity index (χ3v) is 3.49. The van der Waals surface area contributed by atoms with Crippen molar-refractivity contribution in [2.45, 2.75) is 31.4 Å². The van der Waals surface area contributed by atoms with Crippen molar-refractivity contribution in [3.8, 4) is 0 Å². The number of carboxylic acid groups (broad SMARTS) is 1. The van der Waals surface area contributed by atoms with E-state index in [-0.39, 0.29) is 18.8 Å². The Morgan fingerprint density at radius 3 is 2.71 bits per heavy atom. The van der Waals surface area contributed by atoms with Crippen LogP contribution in [0.4, 0.5) is 0 Å². The highest BCUT2D eigenvalue weighted by atomic mass is 16.5. The van der Waals surface area contributed by atoms with E-state index in [0.29, 0.717) is 31.8 Å². The first kappa shape index (κ1) is 15.5. The van der Waals surface area contributed by atoms with Crippen LogP contribution in [0.2, 0.25) is 0 Å². The summed E-state index contributed by atoms with van der Waals surface area (Å²) in [6.45, 7) is 1.14. The van der Waals surface area contributed by atoms with Crippen LogP contribution in [0.15, 0.2) is 16.5 Å². The molecular formula is C14H19NO6. The van der Waals surface area contributed by atoms with E-state index in [1.807, 2.05) is 0 Å². The Hall–Kier alpha value is -1.86. The third-order valence-electron chi connectivity index (χ3n) is 3.49. The molecular weight excluding hydrogens is 278 g/mol. The van der Waals surface area contributed by atoms with E-state index in [4.69, 9.17) is 19.0 Å². The molecule has 0 spiro atoms. The second-order valence-electron chi connectivity index (χ2n) is 5.12. The van der Waals surface area contributed by atoms with E-state index in [9.17, 15) is 9.59 Å². The van der Waals surface area contributed by atoms with Crippen molar-refractivity contribution >= 4 is 11.9 Å². The van der Waals surface area contributed by atoms with Crippen LogP contribution in [-0.4, -0.2) is 42.8 Å². The summed E-state index contributed by atoms with van der Waals surface area (Å²) in [6, 6.07) is 3.21. The minimum absolute atomic E-state index is 0.131. The lowest BCUT2D eigenvalue weighted by Crippen LogP contribution is -2.53. The first-order chi connectivity index (χ1) is 10.0. The van der Waals surface area contributed by atoms with Gasteiger partial charge in [0.15, 0.2) is 5.76 Å². The normalized spacial score (nSPS) is 17.4. The molecule has 7 nitrogen and oxygen atoms in total. The fourth-order valence-corrected chi connectivity index (χ4v) is 2.42. The number of hydrogen-bond acceptors (Lipinski definition) is 5. The van der Waals surface area contributed by atoms with Crippen LogP contribution >= 0.6 is 0 Å². The summed E-state index contributed by atoms with van der Waals surface area (Å²) in [5, 5.41) is 11.9. The highest BCUT2D eigenvalue weighted by Gasteiger charge is 2.37. The molecule has 0 aliphatic carbocycles. The van der Waals surface area contributed by atoms with Gasteiger partial charge >= 0.3 is 5.97 Å². The number of carboxylic acids is 1. The third kappa shape index (κ3) is 4.05. The summed E-state index contributed by atoms with van der Waals surface area (Å²) >= 11 is 0. The molecule has 1 aromatic heterocycles. The first-order valence-corrected chi connectivity index (χ1v) is 6.74. The number of rotatable bonds is 6. The van der Waals surface area contributed by atoms with Gasteiger partial charge in [0.05, 0.1) is 12.0 Å². The van der Waals surface area contributed by atoms with Crippen molar-refractivity contribution in [1.82, 2.24) is 5.32 Å². The molecule has 0 radical (unpaired) electrons. The molecule has 2 N–H and O–H groups in total. The molecule has 1 aliphatic rings. The van der Waals surface area contributed by atoms with E-state index in [2.05, 4.69) is 5.32 Å². The Labute approximate surface area is 122 Å². The summed E-state index contributed by atoms with van der Waals surface area (Å²) < 4.78 is 15.5. The van der Waals surface area contributed by atoms with E-state index in [1.54, 1.807) is 12.1 Å². The molecule has 7 heteroatoms. The highest BCUT2D eigenvalue weighted by molar-refractivity contribution is 5.92. The maximum absolute atomic E-state index is 12.2. The number of carbonyl (C=O) groups is 2. The maximum atomic E-state index is 12.2. The molecule has 21 heavy (non-hydrogen) atoms. The molecule has 1 saturated heterocycles. The molecule has 0 aromatic carbocycles. The number of amides is 1. The Morgan fingerprint density at radius 1 is 1.38 bits per heavy atom. The van der Waals surface area contributed by atoms with Crippen molar-refractivity contribution in [3.05, 3.63) is 23.7 Å². The van der Waals surface area contributed by atoms with Gasteiger partial charge in [-0.2, -0.15) is 0 Å². The highest BCUT2D eigenvalue weighted by Crippen LogP contribution is 2.25. The number of ether oxygens (including phenoxy) is 2. The minimum Gasteiger partial charge on any atom is -0.481 e. The zero-order valence-electron chi connectivity index (χ0n) is 11.9. The quantitative estimate of drug-likeness (QED) is 0.818. The Balaban J connectivity index is 2.07. The molecule has 1 aromatic rings. The average molecular weight is 297 g/mol. The van der Waals surface area contributed by atoms with Crippen LogP contribution in [0.25, 0.3) is 0 Å². The summed E-state index contributed by atoms with van der Waals surface area (Å²) in [4.78, 5) is 23.3. The molecule has 1 fully saturated rings. The summed E-state index contributed by atoms with van der Waals surface area (Å²) in [6.07, 6.45) is 0.807. The molecule has 2 heterocycles. The van der Waals surface area contributed by atoms with Crippen LogP contribution in [0, 0.1) is 0 Å². The van der Waals surface area contributed by atoms with E-state index in [1.165, 1.54) is 7.11 Å². The van der Waals surface area contributed by atoms with Gasteiger partial charge < -0.3 is 24.3 Å². The summed E-state index contributed by atoms with van der Waals surface area (Å²) in [5.74, 6) is -0.669. The van der Waals surface area contributed by atoms with Gasteiger partial charge in [-0.25, -0.2) is 0 Å². The van der Waals surface area contributed by atoms with E-state index in [0.717, 1.165) is 0 Å². The lowest BCUT2D eigenvalue weighted by molar-refractivity contribution is -0.139. The Kier molecular flexibility index (Phi) is 4.98. The number of carbonyl (C=O) groups excluding carboxylic acids is 1. The number of aliphatic carboxylic acids is 1. The maximum Gasteiger partial charge on any atom is 0.305 e. The van der Waals surface area contributed by atoms with Crippen molar-refractivity contribution in [2.75, 3.05) is 20.3 Å². The second kappa shape index (κ2) is 6.73. The summed E-state index contributed by atoms with van der Waals surface area (Å²) in [7, 11) is 1.53. The van der Waals surface area contributed by atoms with Crippen LogP contribution in [0.5, 0.6) is 0 Å². The van der Waals surface area contributed by atoms with Gasteiger partial charge in [0.2, 0.25) is 0 Å². The van der Waals surface area contributed by atoms with Crippen molar-refractivity contribution in [1.29, 1.82) is 0 Å². The average Bonchev–Trinajstić information content (AvgIpc) is 2.88. The van der Waals surface area contributed by atoms with Gasteiger partial charge in [0.1, 0.15) is 12.4 Å². The molecule has 1 aliphatic heterocycles. The second-order valence-corrected chi connectivity index (χ2v) is 5.12. The minimum atomic E-state index is -0.947. The SMILES string of the molecule is COCc1ccc(C(=O)NC2(CC(=O)O)CCOCC2)o1. The molecule has 116 valence electrons. The van der Waals surface area contributed by atoms with Crippen LogP contribution < -0.4 is 5.32 Å². The number of nitrogens with one attached hydrogen (secondary N) is 1. The molecule has 0 unspecified atom stereocenters. The van der Waals surface area contributed by atoms with Gasteiger partial charge in [0.25, 0.3) is 5.91 Å². The van der Waals surface area contributed by atoms with Crippen LogP contribution in [-0.2, 0) is 20.9 Å². The summed E-state index contributed by atoms with van der Waals surface area (Å²) in [5.41, 5.74) is -0.782. The molecule has 1 amide bonds. The fourth-order valence-electron chi connectivity index (χ4n) is 2.42. The van der Waals surface area contributed by atoms with Crippen molar-refractivity contribution < 1.29 is 28.6 Å². The van der Waals surface area contributed by atoms with Gasteiger partial charge in [-0.15, -0.1) is 0 Å². The lowest BCUT2D eigenvalue weighted by Gasteiger charge is -2.36. The Morgan fingerprint density at radius 2 is 2.10 bits per heavy atom. The monoisotopic (exact) mass is 297 g/mol. The van der Waals surface area contributed by atoms with Gasteiger partial charge in [0, 0.05) is 20.3 Å². The Bertz CT molecular complexity index is 503. The largest absolute Gasteiger partial charge is 0.481 e.